The van der Waals surface area contributed by atoms with Gasteiger partial charge in [-0.05, 0) is 19.9 Å². The Morgan fingerprint density at radius 3 is 2.57 bits per heavy atom. The zero-order valence-electron chi connectivity index (χ0n) is 8.67. The monoisotopic (exact) mass is 203 g/mol. The molecule has 0 atom stereocenters. The Bertz CT molecular complexity index is 182. The molecule has 5 heteroatoms. The van der Waals surface area contributed by atoms with E-state index in [0.29, 0.717) is 26.0 Å². The molecule has 5 nitrogen and oxygen atoms in total. The largest absolute Gasteiger partial charge is 0.469 e. The van der Waals surface area contributed by atoms with Crippen LogP contribution in [-0.4, -0.2) is 38.7 Å². The van der Waals surface area contributed by atoms with Crippen LogP contribution in [0, 0.1) is 0 Å². The van der Waals surface area contributed by atoms with Gasteiger partial charge in [0.15, 0.2) is 0 Å². The predicted molar refractivity (Wildman–Crippen MR) is 50.8 cm³/mol. The fraction of sp³-hybridized carbons (Fsp3) is 0.778. The van der Waals surface area contributed by atoms with Crippen molar-refractivity contribution in [3.8, 4) is 0 Å². The Morgan fingerprint density at radius 2 is 2.00 bits per heavy atom. The van der Waals surface area contributed by atoms with Gasteiger partial charge in [-0.25, -0.2) is 0 Å². The molecule has 0 fully saturated rings. The number of hydrogen-bond acceptors (Lipinski definition) is 5. The summed E-state index contributed by atoms with van der Waals surface area (Å²) < 4.78 is 9.16. The first-order valence-electron chi connectivity index (χ1n) is 4.63. The summed E-state index contributed by atoms with van der Waals surface area (Å²) in [4.78, 5) is 21.5. The summed E-state index contributed by atoms with van der Waals surface area (Å²) in [6.07, 6.45) is 1.03. The second kappa shape index (κ2) is 8.50. The fourth-order valence-electron chi connectivity index (χ4n) is 0.862. The molecule has 0 aromatic heterocycles. The zero-order chi connectivity index (χ0) is 10.8. The molecule has 0 saturated heterocycles. The molecule has 0 aliphatic rings. The normalized spacial score (nSPS) is 9.57. The van der Waals surface area contributed by atoms with E-state index >= 15 is 0 Å². The number of nitrogens with one attached hydrogen (secondary N) is 1. The molecule has 0 radical (unpaired) electrons. The first-order chi connectivity index (χ1) is 6.70. The molecule has 0 saturated carbocycles. The van der Waals surface area contributed by atoms with Crippen LogP contribution < -0.4 is 5.32 Å². The maximum absolute atomic E-state index is 10.8. The molecule has 0 spiro atoms. The molecule has 0 heterocycles. The van der Waals surface area contributed by atoms with Crippen molar-refractivity contribution in [2.45, 2.75) is 19.8 Å². The minimum atomic E-state index is -0.273. The number of hydrogen-bond donors (Lipinski definition) is 1. The van der Waals surface area contributed by atoms with Gasteiger partial charge in [-0.3, -0.25) is 9.59 Å². The van der Waals surface area contributed by atoms with E-state index in [9.17, 15) is 9.59 Å². The number of esters is 2. The Morgan fingerprint density at radius 1 is 1.29 bits per heavy atom. The lowest BCUT2D eigenvalue weighted by Crippen LogP contribution is -2.26. The van der Waals surface area contributed by atoms with Crippen LogP contribution in [0.3, 0.4) is 0 Å². The lowest BCUT2D eigenvalue weighted by Gasteiger charge is -2.03. The van der Waals surface area contributed by atoms with Crippen LogP contribution in [0.25, 0.3) is 0 Å². The van der Waals surface area contributed by atoms with Crippen LogP contribution in [-0.2, 0) is 19.1 Å². The predicted octanol–water partition coefficient (Wildman–Crippen LogP) is 0.0923. The number of carbonyl (C=O) groups is 2. The highest BCUT2D eigenvalue weighted by molar-refractivity contribution is 5.71. The third-order valence-corrected chi connectivity index (χ3v) is 1.54. The summed E-state index contributed by atoms with van der Waals surface area (Å²) in [5.74, 6) is -0.506. The third kappa shape index (κ3) is 7.54. The standard InChI is InChI=1S/C9H17NO4/c1-3-14-9(12)7-10-6-4-5-8(11)13-2/h10H,3-7H2,1-2H3. The Hall–Kier alpha value is -1.10. The van der Waals surface area contributed by atoms with Crippen molar-refractivity contribution in [2.24, 2.45) is 0 Å². The highest BCUT2D eigenvalue weighted by Crippen LogP contribution is 1.89. The van der Waals surface area contributed by atoms with E-state index in [0.717, 1.165) is 0 Å². The van der Waals surface area contributed by atoms with Crippen molar-refractivity contribution in [3.05, 3.63) is 0 Å². The maximum Gasteiger partial charge on any atom is 0.319 e. The summed E-state index contributed by atoms with van der Waals surface area (Å²) in [6, 6.07) is 0. The van der Waals surface area contributed by atoms with E-state index in [4.69, 9.17) is 4.74 Å². The van der Waals surface area contributed by atoms with Crippen LogP contribution in [0.2, 0.25) is 0 Å². The number of ether oxygens (including phenoxy) is 2. The molecule has 82 valence electrons. The molecule has 1 N–H and O–H groups in total. The van der Waals surface area contributed by atoms with Crippen LogP contribution in [0.1, 0.15) is 19.8 Å². The van der Waals surface area contributed by atoms with Crippen molar-refractivity contribution in [2.75, 3.05) is 26.8 Å². The van der Waals surface area contributed by atoms with Gasteiger partial charge < -0.3 is 14.8 Å². The molecular weight excluding hydrogens is 186 g/mol. The van der Waals surface area contributed by atoms with Gasteiger partial charge >= 0.3 is 11.9 Å². The van der Waals surface area contributed by atoms with Gasteiger partial charge in [0, 0.05) is 6.42 Å². The van der Waals surface area contributed by atoms with Crippen LogP contribution in [0.15, 0.2) is 0 Å². The second-order valence-electron chi connectivity index (χ2n) is 2.66. The van der Waals surface area contributed by atoms with Crippen LogP contribution in [0.4, 0.5) is 0 Å². The van der Waals surface area contributed by atoms with Crippen LogP contribution in [0.5, 0.6) is 0 Å². The lowest BCUT2D eigenvalue weighted by atomic mass is 10.3. The van der Waals surface area contributed by atoms with E-state index in [1.807, 2.05) is 0 Å². The summed E-state index contributed by atoms with van der Waals surface area (Å²) in [5.41, 5.74) is 0. The first-order valence-corrected chi connectivity index (χ1v) is 4.63. The summed E-state index contributed by atoms with van der Waals surface area (Å²) >= 11 is 0. The molecule has 0 aliphatic heterocycles. The van der Waals surface area contributed by atoms with Gasteiger partial charge in [0.2, 0.25) is 0 Å². The van der Waals surface area contributed by atoms with E-state index in [1.54, 1.807) is 6.92 Å². The van der Waals surface area contributed by atoms with E-state index < -0.39 is 0 Å². The highest BCUT2D eigenvalue weighted by Gasteiger charge is 2.01. The van der Waals surface area contributed by atoms with Gasteiger partial charge in [-0.2, -0.15) is 0 Å². The fourth-order valence-corrected chi connectivity index (χ4v) is 0.862. The second-order valence-corrected chi connectivity index (χ2v) is 2.66. The maximum atomic E-state index is 10.8. The molecule has 0 aromatic carbocycles. The smallest absolute Gasteiger partial charge is 0.319 e. The van der Waals surface area contributed by atoms with Gasteiger partial charge in [0.05, 0.1) is 20.3 Å². The average Bonchev–Trinajstić information content (AvgIpc) is 2.17. The molecule has 0 aromatic rings. The van der Waals surface area contributed by atoms with Crippen molar-refractivity contribution >= 4 is 11.9 Å². The van der Waals surface area contributed by atoms with E-state index in [2.05, 4.69) is 10.1 Å². The van der Waals surface area contributed by atoms with Crippen molar-refractivity contribution in [3.63, 3.8) is 0 Å². The number of methoxy groups -OCH3 is 1. The van der Waals surface area contributed by atoms with Crippen molar-refractivity contribution < 1.29 is 19.1 Å². The number of carbonyl (C=O) groups excluding carboxylic acids is 2. The minimum absolute atomic E-state index is 0.189. The number of rotatable bonds is 7. The Balaban J connectivity index is 3.21. The average molecular weight is 203 g/mol. The van der Waals surface area contributed by atoms with Gasteiger partial charge in [0.25, 0.3) is 0 Å². The summed E-state index contributed by atoms with van der Waals surface area (Å²) in [5, 5.41) is 2.87. The molecular formula is C9H17NO4. The van der Waals surface area contributed by atoms with Crippen molar-refractivity contribution in [1.29, 1.82) is 0 Å². The van der Waals surface area contributed by atoms with Crippen LogP contribution >= 0.6 is 0 Å². The van der Waals surface area contributed by atoms with Crippen molar-refractivity contribution in [1.82, 2.24) is 5.32 Å². The Labute approximate surface area is 83.8 Å². The zero-order valence-corrected chi connectivity index (χ0v) is 8.67. The van der Waals surface area contributed by atoms with Gasteiger partial charge in [-0.15, -0.1) is 0 Å². The van der Waals surface area contributed by atoms with E-state index in [-0.39, 0.29) is 18.5 Å². The first kappa shape index (κ1) is 12.9. The van der Waals surface area contributed by atoms with Gasteiger partial charge in [-0.1, -0.05) is 0 Å². The molecule has 0 rings (SSSR count). The highest BCUT2D eigenvalue weighted by atomic mass is 16.5. The molecule has 0 aliphatic carbocycles. The minimum Gasteiger partial charge on any atom is -0.469 e. The summed E-state index contributed by atoms with van der Waals surface area (Å²) in [6.45, 7) is 2.95. The Kier molecular flexibility index (Phi) is 7.83. The SMILES string of the molecule is CCOC(=O)CNCCCC(=O)OC. The molecule has 0 unspecified atom stereocenters. The topological polar surface area (TPSA) is 64.6 Å². The third-order valence-electron chi connectivity index (χ3n) is 1.54. The van der Waals surface area contributed by atoms with E-state index in [1.165, 1.54) is 7.11 Å². The molecule has 0 bridgehead atoms. The molecule has 0 amide bonds. The molecule has 14 heavy (non-hydrogen) atoms. The lowest BCUT2D eigenvalue weighted by molar-refractivity contribution is -0.142. The van der Waals surface area contributed by atoms with Gasteiger partial charge in [0.1, 0.15) is 0 Å². The quantitative estimate of drug-likeness (QED) is 0.469. The summed E-state index contributed by atoms with van der Waals surface area (Å²) in [7, 11) is 1.36.